The zero-order valence-electron chi connectivity index (χ0n) is 9.68. The molecule has 0 aliphatic heterocycles. The number of carbonyl (C=O) groups excluding carboxylic acids is 1. The molecule has 0 radical (unpaired) electrons. The molecule has 92 valence electrons. The van der Waals surface area contributed by atoms with Gasteiger partial charge in [-0.3, -0.25) is 9.59 Å². The Morgan fingerprint density at radius 1 is 1.28 bits per heavy atom. The van der Waals surface area contributed by atoms with Gasteiger partial charge in [-0.1, -0.05) is 22.0 Å². The van der Waals surface area contributed by atoms with Crippen molar-refractivity contribution in [1.29, 1.82) is 0 Å². The first-order valence-corrected chi connectivity index (χ1v) is 6.09. The minimum atomic E-state index is -0.213. The van der Waals surface area contributed by atoms with Crippen LogP contribution in [-0.2, 0) is 7.05 Å². The number of nitrogens with zero attached hydrogens (tertiary/aromatic N) is 1. The number of rotatable bonds is 2. The van der Waals surface area contributed by atoms with Crippen molar-refractivity contribution in [2.75, 3.05) is 5.32 Å². The third kappa shape index (κ3) is 2.87. The Morgan fingerprint density at radius 3 is 2.72 bits per heavy atom. The molecule has 0 atom stereocenters. The lowest BCUT2D eigenvalue weighted by Gasteiger charge is -2.06. The van der Waals surface area contributed by atoms with Crippen molar-refractivity contribution < 1.29 is 4.79 Å². The minimum Gasteiger partial charge on any atom is -0.321 e. The molecule has 4 nitrogen and oxygen atoms in total. The van der Waals surface area contributed by atoms with E-state index >= 15 is 0 Å². The van der Waals surface area contributed by atoms with E-state index in [4.69, 9.17) is 0 Å². The largest absolute Gasteiger partial charge is 0.321 e. The minimum absolute atomic E-state index is 0.115. The summed E-state index contributed by atoms with van der Waals surface area (Å²) < 4.78 is 2.26. The summed E-state index contributed by atoms with van der Waals surface area (Å²) in [6.07, 6.45) is 1.58. The van der Waals surface area contributed by atoms with Crippen molar-refractivity contribution in [3.63, 3.8) is 0 Å². The number of carbonyl (C=O) groups is 1. The molecule has 0 aliphatic carbocycles. The van der Waals surface area contributed by atoms with Gasteiger partial charge in [-0.15, -0.1) is 0 Å². The van der Waals surface area contributed by atoms with Crippen LogP contribution in [-0.4, -0.2) is 10.5 Å². The molecule has 0 unspecified atom stereocenters. The van der Waals surface area contributed by atoms with E-state index in [0.717, 1.165) is 4.47 Å². The maximum Gasteiger partial charge on any atom is 0.255 e. The van der Waals surface area contributed by atoms with Gasteiger partial charge in [0.15, 0.2) is 0 Å². The third-order valence-corrected chi connectivity index (χ3v) is 2.92. The van der Waals surface area contributed by atoms with E-state index in [1.165, 1.54) is 10.6 Å². The van der Waals surface area contributed by atoms with Crippen molar-refractivity contribution in [1.82, 2.24) is 4.57 Å². The SMILES string of the molecule is Cn1cc(NC(=O)c2cccc(Br)c2)ccc1=O. The smallest absolute Gasteiger partial charge is 0.255 e. The van der Waals surface area contributed by atoms with Crippen LogP contribution in [0.2, 0.25) is 0 Å². The van der Waals surface area contributed by atoms with Crippen LogP contribution in [0.5, 0.6) is 0 Å². The predicted octanol–water partition coefficient (Wildman–Crippen LogP) is 2.40. The number of aromatic nitrogens is 1. The summed E-state index contributed by atoms with van der Waals surface area (Å²) >= 11 is 3.31. The van der Waals surface area contributed by atoms with E-state index in [0.29, 0.717) is 11.3 Å². The number of hydrogen-bond donors (Lipinski definition) is 1. The van der Waals surface area contributed by atoms with Crippen LogP contribution < -0.4 is 10.9 Å². The van der Waals surface area contributed by atoms with E-state index in [9.17, 15) is 9.59 Å². The van der Waals surface area contributed by atoms with Gasteiger partial charge in [-0.05, 0) is 24.3 Å². The molecule has 0 fully saturated rings. The summed E-state index contributed by atoms with van der Waals surface area (Å²) in [6.45, 7) is 0. The van der Waals surface area contributed by atoms with E-state index in [1.807, 2.05) is 6.07 Å². The fourth-order valence-corrected chi connectivity index (χ4v) is 1.90. The molecule has 1 N–H and O–H groups in total. The maximum atomic E-state index is 11.9. The zero-order valence-corrected chi connectivity index (χ0v) is 11.3. The molecule has 18 heavy (non-hydrogen) atoms. The molecule has 0 saturated carbocycles. The first-order chi connectivity index (χ1) is 8.56. The van der Waals surface area contributed by atoms with Gasteiger partial charge in [-0.25, -0.2) is 0 Å². The summed E-state index contributed by atoms with van der Waals surface area (Å²) in [7, 11) is 1.64. The molecule has 0 bridgehead atoms. The second-order valence-electron chi connectivity index (χ2n) is 3.83. The summed E-state index contributed by atoms with van der Waals surface area (Å²) in [4.78, 5) is 23.2. The summed E-state index contributed by atoms with van der Waals surface area (Å²) in [5.41, 5.74) is 1.02. The number of anilines is 1. The first-order valence-electron chi connectivity index (χ1n) is 5.30. The highest BCUT2D eigenvalue weighted by Gasteiger charge is 2.06. The molecular weight excluding hydrogens is 296 g/mol. The normalized spacial score (nSPS) is 10.1. The van der Waals surface area contributed by atoms with Gasteiger partial charge in [0, 0.05) is 29.3 Å². The van der Waals surface area contributed by atoms with Crippen molar-refractivity contribution in [2.24, 2.45) is 7.05 Å². The van der Waals surface area contributed by atoms with Gasteiger partial charge >= 0.3 is 0 Å². The zero-order chi connectivity index (χ0) is 13.1. The molecule has 1 heterocycles. The maximum absolute atomic E-state index is 11.9. The highest BCUT2D eigenvalue weighted by Crippen LogP contribution is 2.13. The van der Waals surface area contributed by atoms with Gasteiger partial charge in [-0.2, -0.15) is 0 Å². The van der Waals surface area contributed by atoms with Crippen LogP contribution in [0, 0.1) is 0 Å². The number of amides is 1. The predicted molar refractivity (Wildman–Crippen MR) is 73.8 cm³/mol. The quantitative estimate of drug-likeness (QED) is 0.926. The average Bonchev–Trinajstić information content (AvgIpc) is 2.34. The molecule has 1 aromatic heterocycles. The van der Waals surface area contributed by atoms with Crippen molar-refractivity contribution in [3.05, 3.63) is 63.0 Å². The molecule has 0 aliphatic rings. The van der Waals surface area contributed by atoms with Crippen LogP contribution in [0.15, 0.2) is 51.9 Å². The van der Waals surface area contributed by atoms with Crippen molar-refractivity contribution in [3.8, 4) is 0 Å². The molecular formula is C13H11BrN2O2. The number of benzene rings is 1. The molecule has 0 spiro atoms. The Kier molecular flexibility index (Phi) is 3.62. The molecule has 0 saturated heterocycles. The van der Waals surface area contributed by atoms with Gasteiger partial charge in [0.05, 0.1) is 5.69 Å². The fraction of sp³-hybridized carbons (Fsp3) is 0.0769. The lowest BCUT2D eigenvalue weighted by molar-refractivity contribution is 0.102. The Labute approximate surface area is 112 Å². The Balaban J connectivity index is 2.21. The second-order valence-corrected chi connectivity index (χ2v) is 4.75. The number of pyridine rings is 1. The molecule has 1 amide bonds. The molecule has 2 aromatic rings. The van der Waals surface area contributed by atoms with Gasteiger partial charge in [0.25, 0.3) is 5.91 Å². The molecule has 1 aromatic carbocycles. The van der Waals surface area contributed by atoms with E-state index < -0.39 is 0 Å². The number of nitrogens with one attached hydrogen (secondary N) is 1. The summed E-state index contributed by atoms with van der Waals surface area (Å²) in [6, 6.07) is 10.1. The van der Waals surface area contributed by atoms with Crippen molar-refractivity contribution >= 4 is 27.5 Å². The lowest BCUT2D eigenvalue weighted by atomic mass is 10.2. The lowest BCUT2D eigenvalue weighted by Crippen LogP contribution is -2.17. The second kappa shape index (κ2) is 5.18. The number of hydrogen-bond acceptors (Lipinski definition) is 2. The number of aryl methyl sites for hydroxylation is 1. The van der Waals surface area contributed by atoms with Gasteiger partial charge in [0.1, 0.15) is 0 Å². The number of halogens is 1. The highest BCUT2D eigenvalue weighted by atomic mass is 79.9. The fourth-order valence-electron chi connectivity index (χ4n) is 1.50. The Bertz CT molecular complexity index is 649. The van der Waals surface area contributed by atoms with E-state index in [2.05, 4.69) is 21.2 Å². The van der Waals surface area contributed by atoms with E-state index in [1.54, 1.807) is 37.5 Å². The van der Waals surface area contributed by atoms with Crippen LogP contribution in [0.1, 0.15) is 10.4 Å². The van der Waals surface area contributed by atoms with E-state index in [-0.39, 0.29) is 11.5 Å². The average molecular weight is 307 g/mol. The van der Waals surface area contributed by atoms with Crippen LogP contribution >= 0.6 is 15.9 Å². The third-order valence-electron chi connectivity index (χ3n) is 2.43. The van der Waals surface area contributed by atoms with Gasteiger partial charge in [0.2, 0.25) is 5.56 Å². The first kappa shape index (κ1) is 12.6. The van der Waals surface area contributed by atoms with Gasteiger partial charge < -0.3 is 9.88 Å². The summed E-state index contributed by atoms with van der Waals surface area (Å²) in [5.74, 6) is -0.213. The van der Waals surface area contributed by atoms with Crippen LogP contribution in [0.4, 0.5) is 5.69 Å². The monoisotopic (exact) mass is 306 g/mol. The summed E-state index contributed by atoms with van der Waals surface area (Å²) in [5, 5.41) is 2.73. The molecule has 2 rings (SSSR count). The van der Waals surface area contributed by atoms with Crippen LogP contribution in [0.3, 0.4) is 0 Å². The molecule has 5 heteroatoms. The van der Waals surface area contributed by atoms with Crippen LogP contribution in [0.25, 0.3) is 0 Å². The standard InChI is InChI=1S/C13H11BrN2O2/c1-16-8-11(5-6-12(16)17)15-13(18)9-3-2-4-10(14)7-9/h2-8H,1H3,(H,15,18). The van der Waals surface area contributed by atoms with Crippen molar-refractivity contribution in [2.45, 2.75) is 0 Å². The Morgan fingerprint density at radius 2 is 2.06 bits per heavy atom. The Hall–Kier alpha value is -1.88. The highest BCUT2D eigenvalue weighted by molar-refractivity contribution is 9.10. The topological polar surface area (TPSA) is 51.1 Å².